The summed E-state index contributed by atoms with van der Waals surface area (Å²) in [6.07, 6.45) is 6.76. The van der Waals surface area contributed by atoms with Crippen LogP contribution in [0.4, 0.5) is 10.1 Å². The number of phenolic OH excluding ortho intramolecular Hbond substituents is 1. The molecule has 6 heteroatoms. The number of halogens is 1. The second-order valence-electron chi connectivity index (χ2n) is 6.32. The molecule has 26 heavy (non-hydrogen) atoms. The van der Waals surface area contributed by atoms with E-state index >= 15 is 0 Å². The quantitative estimate of drug-likeness (QED) is 0.359. The zero-order valence-corrected chi connectivity index (χ0v) is 14.9. The highest BCUT2D eigenvalue weighted by Crippen LogP contribution is 2.27. The molecule has 0 saturated carbocycles. The fourth-order valence-corrected chi connectivity index (χ4v) is 2.93. The molecule has 2 aromatic carbocycles. The second kappa shape index (κ2) is 9.75. The third-order valence-corrected chi connectivity index (χ3v) is 4.38. The van der Waals surface area contributed by atoms with Gasteiger partial charge in [-0.2, -0.15) is 4.39 Å². The van der Waals surface area contributed by atoms with Gasteiger partial charge in [-0.1, -0.05) is 31.4 Å². The van der Waals surface area contributed by atoms with E-state index in [2.05, 4.69) is 0 Å². The minimum absolute atomic E-state index is 0.165. The Morgan fingerprint density at radius 2 is 1.58 bits per heavy atom. The van der Waals surface area contributed by atoms with Crippen LogP contribution in [0.3, 0.4) is 0 Å². The molecular weight excluding hydrogens is 337 g/mol. The standard InChI is InChI=1S/C20H24FNO4/c1-26-20-12-10-16(14-19(20)23)8-6-4-2-3-5-7-15-9-11-17(21)18(13-15)22(24)25/h9-14,23H,2-8H2,1H3. The summed E-state index contributed by atoms with van der Waals surface area (Å²) in [7, 11) is 1.53. The van der Waals surface area contributed by atoms with Crippen molar-refractivity contribution in [3.05, 3.63) is 63.5 Å². The molecule has 0 amide bonds. The molecule has 0 aliphatic rings. The Hall–Kier alpha value is -2.63. The number of hydrogen-bond acceptors (Lipinski definition) is 4. The van der Waals surface area contributed by atoms with Gasteiger partial charge >= 0.3 is 5.69 Å². The number of phenols is 1. The Morgan fingerprint density at radius 3 is 2.15 bits per heavy atom. The Labute approximate surface area is 152 Å². The average molecular weight is 361 g/mol. The first-order valence-electron chi connectivity index (χ1n) is 8.80. The molecular formula is C20H24FNO4. The smallest absolute Gasteiger partial charge is 0.305 e. The number of benzene rings is 2. The van der Waals surface area contributed by atoms with Crippen LogP contribution in [-0.2, 0) is 12.8 Å². The van der Waals surface area contributed by atoms with Gasteiger partial charge in [-0.25, -0.2) is 0 Å². The SMILES string of the molecule is COc1ccc(CCCCCCCc2ccc(F)c([N+](=O)[O-])c2)cc1O. The van der Waals surface area contributed by atoms with E-state index in [4.69, 9.17) is 4.74 Å². The van der Waals surface area contributed by atoms with Crippen molar-refractivity contribution in [2.24, 2.45) is 0 Å². The normalized spacial score (nSPS) is 10.7. The highest BCUT2D eigenvalue weighted by molar-refractivity contribution is 5.41. The third kappa shape index (κ3) is 5.72. The van der Waals surface area contributed by atoms with Crippen LogP contribution in [0.15, 0.2) is 36.4 Å². The van der Waals surface area contributed by atoms with Gasteiger partial charge in [0.1, 0.15) is 0 Å². The Balaban J connectivity index is 1.65. The number of nitro groups is 1. The molecule has 2 aromatic rings. The summed E-state index contributed by atoms with van der Waals surface area (Å²) < 4.78 is 18.3. The molecule has 0 heterocycles. The Kier molecular flexibility index (Phi) is 7.38. The van der Waals surface area contributed by atoms with E-state index in [1.807, 2.05) is 6.07 Å². The molecule has 2 rings (SSSR count). The predicted octanol–water partition coefficient (Wildman–Crippen LogP) is 5.18. The summed E-state index contributed by atoms with van der Waals surface area (Å²) >= 11 is 0. The maximum atomic E-state index is 13.3. The highest BCUT2D eigenvalue weighted by atomic mass is 19.1. The van der Waals surface area contributed by atoms with E-state index in [1.54, 1.807) is 18.2 Å². The van der Waals surface area contributed by atoms with Crippen LogP contribution in [0, 0.1) is 15.9 Å². The zero-order valence-electron chi connectivity index (χ0n) is 14.9. The van der Waals surface area contributed by atoms with Crippen molar-refractivity contribution < 1.29 is 19.2 Å². The van der Waals surface area contributed by atoms with Gasteiger partial charge in [0.05, 0.1) is 12.0 Å². The maximum Gasteiger partial charge on any atom is 0.305 e. The summed E-state index contributed by atoms with van der Waals surface area (Å²) in [5, 5.41) is 20.5. The van der Waals surface area contributed by atoms with Crippen molar-refractivity contribution in [1.82, 2.24) is 0 Å². The zero-order chi connectivity index (χ0) is 18.9. The van der Waals surface area contributed by atoms with Crippen molar-refractivity contribution in [1.29, 1.82) is 0 Å². The molecule has 0 saturated heterocycles. The molecule has 140 valence electrons. The number of nitrogens with zero attached hydrogens (tertiary/aromatic N) is 1. The molecule has 0 aliphatic carbocycles. The summed E-state index contributed by atoms with van der Waals surface area (Å²) in [6.45, 7) is 0. The first-order chi connectivity index (χ1) is 12.5. The topological polar surface area (TPSA) is 72.6 Å². The first-order valence-corrected chi connectivity index (χ1v) is 8.80. The number of rotatable bonds is 10. The molecule has 0 unspecified atom stereocenters. The molecule has 0 atom stereocenters. The largest absolute Gasteiger partial charge is 0.504 e. The van der Waals surface area contributed by atoms with Gasteiger partial charge in [0, 0.05) is 6.07 Å². The minimum Gasteiger partial charge on any atom is -0.504 e. The molecule has 0 bridgehead atoms. The van der Waals surface area contributed by atoms with Crippen LogP contribution in [-0.4, -0.2) is 17.1 Å². The average Bonchev–Trinajstić information content (AvgIpc) is 2.62. The lowest BCUT2D eigenvalue weighted by molar-refractivity contribution is -0.387. The molecule has 5 nitrogen and oxygen atoms in total. The number of unbranched alkanes of at least 4 members (excludes halogenated alkanes) is 4. The van der Waals surface area contributed by atoms with E-state index in [9.17, 15) is 19.6 Å². The number of hydrogen-bond donors (Lipinski definition) is 1. The monoisotopic (exact) mass is 361 g/mol. The molecule has 0 aliphatic heterocycles. The number of methoxy groups -OCH3 is 1. The third-order valence-electron chi connectivity index (χ3n) is 4.38. The van der Waals surface area contributed by atoms with Crippen molar-refractivity contribution in [2.75, 3.05) is 7.11 Å². The molecule has 0 aromatic heterocycles. The van der Waals surface area contributed by atoms with E-state index in [0.717, 1.165) is 55.7 Å². The first kappa shape index (κ1) is 19.7. The van der Waals surface area contributed by atoms with Gasteiger partial charge in [0.2, 0.25) is 5.82 Å². The van der Waals surface area contributed by atoms with Gasteiger partial charge in [-0.05, 0) is 55.0 Å². The van der Waals surface area contributed by atoms with Crippen LogP contribution in [0.1, 0.15) is 43.2 Å². The lowest BCUT2D eigenvalue weighted by atomic mass is 10.0. The Morgan fingerprint density at radius 1 is 1.00 bits per heavy atom. The number of nitro benzene ring substituents is 1. The van der Waals surface area contributed by atoms with Gasteiger partial charge < -0.3 is 9.84 Å². The van der Waals surface area contributed by atoms with Crippen molar-refractivity contribution in [2.45, 2.75) is 44.9 Å². The fourth-order valence-electron chi connectivity index (χ4n) is 2.93. The highest BCUT2D eigenvalue weighted by Gasteiger charge is 2.13. The van der Waals surface area contributed by atoms with Gasteiger partial charge in [-0.15, -0.1) is 0 Å². The second-order valence-corrected chi connectivity index (χ2v) is 6.32. The number of ether oxygens (including phenoxy) is 1. The van der Waals surface area contributed by atoms with Crippen molar-refractivity contribution >= 4 is 5.69 Å². The van der Waals surface area contributed by atoms with E-state index in [-0.39, 0.29) is 5.75 Å². The van der Waals surface area contributed by atoms with E-state index in [0.29, 0.717) is 12.2 Å². The van der Waals surface area contributed by atoms with Gasteiger partial charge in [0.15, 0.2) is 11.5 Å². The Bertz CT molecular complexity index is 749. The lowest BCUT2D eigenvalue weighted by Crippen LogP contribution is -1.95. The minimum atomic E-state index is -0.789. The summed E-state index contributed by atoms with van der Waals surface area (Å²) in [6, 6.07) is 9.56. The van der Waals surface area contributed by atoms with E-state index in [1.165, 1.54) is 13.2 Å². The number of aryl methyl sites for hydroxylation is 2. The van der Waals surface area contributed by atoms with Crippen LogP contribution >= 0.6 is 0 Å². The fraction of sp³-hybridized carbons (Fsp3) is 0.400. The summed E-state index contributed by atoms with van der Waals surface area (Å²) in [5.41, 5.74) is 1.43. The summed E-state index contributed by atoms with van der Waals surface area (Å²) in [5.74, 6) is -0.142. The predicted molar refractivity (Wildman–Crippen MR) is 98.2 cm³/mol. The van der Waals surface area contributed by atoms with Crippen LogP contribution in [0.5, 0.6) is 11.5 Å². The summed E-state index contributed by atoms with van der Waals surface area (Å²) in [4.78, 5) is 10.1. The van der Waals surface area contributed by atoms with E-state index < -0.39 is 16.4 Å². The van der Waals surface area contributed by atoms with Crippen LogP contribution in [0.25, 0.3) is 0 Å². The molecule has 0 fully saturated rings. The van der Waals surface area contributed by atoms with Crippen molar-refractivity contribution in [3.63, 3.8) is 0 Å². The van der Waals surface area contributed by atoms with Crippen molar-refractivity contribution in [3.8, 4) is 11.5 Å². The number of aromatic hydroxyl groups is 1. The molecule has 1 N–H and O–H groups in total. The van der Waals surface area contributed by atoms with Gasteiger partial charge in [-0.3, -0.25) is 10.1 Å². The van der Waals surface area contributed by atoms with Crippen LogP contribution in [0.2, 0.25) is 0 Å². The van der Waals surface area contributed by atoms with Crippen LogP contribution < -0.4 is 4.74 Å². The molecule has 0 radical (unpaired) electrons. The molecule has 0 spiro atoms. The van der Waals surface area contributed by atoms with Gasteiger partial charge in [0.25, 0.3) is 0 Å². The maximum absolute atomic E-state index is 13.3. The lowest BCUT2D eigenvalue weighted by Gasteiger charge is -2.06.